The van der Waals surface area contributed by atoms with Crippen molar-refractivity contribution in [3.8, 4) is 0 Å². The first-order valence-corrected chi connectivity index (χ1v) is 8.35. The van der Waals surface area contributed by atoms with Crippen molar-refractivity contribution in [2.24, 2.45) is 5.92 Å². The van der Waals surface area contributed by atoms with Crippen LogP contribution in [-0.2, 0) is 5.41 Å². The van der Waals surface area contributed by atoms with Gasteiger partial charge in [-0.05, 0) is 47.5 Å². The first-order valence-electron chi connectivity index (χ1n) is 7.95. The van der Waals surface area contributed by atoms with Crippen LogP contribution < -0.4 is 10.6 Å². The Kier molecular flexibility index (Phi) is 4.92. The quantitative estimate of drug-likeness (QED) is 0.811. The van der Waals surface area contributed by atoms with E-state index < -0.39 is 0 Å². The summed E-state index contributed by atoms with van der Waals surface area (Å²) in [5, 5.41) is 7.64. The van der Waals surface area contributed by atoms with Crippen molar-refractivity contribution < 1.29 is 0 Å². The molecule has 0 amide bonds. The molecule has 2 N–H and O–H groups in total. The number of nitrogens with one attached hydrogen (secondary N) is 2. The van der Waals surface area contributed by atoms with Crippen molar-refractivity contribution in [2.75, 3.05) is 0 Å². The summed E-state index contributed by atoms with van der Waals surface area (Å²) in [5.74, 6) is 0.490. The SMILES string of the molecule is CC(C)[C@H](NC(=S)NC1CC1)c1ccc(C(C)(C)C)cc1. The second-order valence-corrected chi connectivity index (χ2v) is 7.89. The van der Waals surface area contributed by atoms with E-state index in [4.69, 9.17) is 12.2 Å². The molecule has 2 rings (SSSR count). The molecule has 1 aliphatic carbocycles. The summed E-state index contributed by atoms with van der Waals surface area (Å²) < 4.78 is 0. The summed E-state index contributed by atoms with van der Waals surface area (Å²) in [6.45, 7) is 11.2. The molecule has 116 valence electrons. The fourth-order valence-electron chi connectivity index (χ4n) is 2.42. The lowest BCUT2D eigenvalue weighted by atomic mass is 9.85. The summed E-state index contributed by atoms with van der Waals surface area (Å²) >= 11 is 5.43. The molecule has 1 saturated carbocycles. The van der Waals surface area contributed by atoms with Gasteiger partial charge in [-0.1, -0.05) is 58.9 Å². The van der Waals surface area contributed by atoms with E-state index in [1.165, 1.54) is 24.0 Å². The monoisotopic (exact) mass is 304 g/mol. The Morgan fingerprint density at radius 1 is 1.14 bits per heavy atom. The minimum atomic E-state index is 0.197. The van der Waals surface area contributed by atoms with Crippen LogP contribution in [0.2, 0.25) is 0 Å². The largest absolute Gasteiger partial charge is 0.360 e. The van der Waals surface area contributed by atoms with Crippen molar-refractivity contribution in [1.82, 2.24) is 10.6 Å². The molecule has 1 atom stereocenters. The minimum absolute atomic E-state index is 0.197. The maximum absolute atomic E-state index is 5.43. The molecule has 0 radical (unpaired) electrons. The molecular formula is C18H28N2S. The zero-order valence-electron chi connectivity index (χ0n) is 13.9. The molecule has 0 unspecified atom stereocenters. The first-order chi connectivity index (χ1) is 9.77. The molecular weight excluding hydrogens is 276 g/mol. The predicted molar refractivity (Wildman–Crippen MR) is 94.6 cm³/mol. The van der Waals surface area contributed by atoms with Crippen molar-refractivity contribution >= 4 is 17.3 Å². The van der Waals surface area contributed by atoms with Gasteiger partial charge >= 0.3 is 0 Å². The maximum Gasteiger partial charge on any atom is 0.167 e. The van der Waals surface area contributed by atoms with Crippen molar-refractivity contribution in [2.45, 2.75) is 65.0 Å². The van der Waals surface area contributed by atoms with Crippen LogP contribution in [0.3, 0.4) is 0 Å². The van der Waals surface area contributed by atoms with Gasteiger partial charge in [-0.15, -0.1) is 0 Å². The Balaban J connectivity index is 2.08. The number of rotatable bonds is 4. The second kappa shape index (κ2) is 6.35. The number of thiocarbonyl (C=S) groups is 1. The van der Waals surface area contributed by atoms with Crippen LogP contribution in [0, 0.1) is 5.92 Å². The highest BCUT2D eigenvalue weighted by Gasteiger charge is 2.24. The Morgan fingerprint density at radius 2 is 1.71 bits per heavy atom. The van der Waals surface area contributed by atoms with Crippen LogP contribution in [0.4, 0.5) is 0 Å². The van der Waals surface area contributed by atoms with E-state index in [-0.39, 0.29) is 11.5 Å². The third-order valence-electron chi connectivity index (χ3n) is 4.00. The average molecular weight is 305 g/mol. The number of hydrogen-bond acceptors (Lipinski definition) is 1. The van der Waals surface area contributed by atoms with Crippen LogP contribution in [0.5, 0.6) is 0 Å². The van der Waals surface area contributed by atoms with Gasteiger partial charge < -0.3 is 10.6 Å². The van der Waals surface area contributed by atoms with Crippen LogP contribution >= 0.6 is 12.2 Å². The lowest BCUT2D eigenvalue weighted by Crippen LogP contribution is -2.40. The fourth-order valence-corrected chi connectivity index (χ4v) is 2.71. The third-order valence-corrected chi connectivity index (χ3v) is 4.24. The van der Waals surface area contributed by atoms with E-state index >= 15 is 0 Å². The predicted octanol–water partition coefficient (Wildman–Crippen LogP) is 4.31. The van der Waals surface area contributed by atoms with E-state index in [1.807, 2.05) is 0 Å². The molecule has 21 heavy (non-hydrogen) atoms. The van der Waals surface area contributed by atoms with Crippen LogP contribution in [0.25, 0.3) is 0 Å². The minimum Gasteiger partial charge on any atom is -0.360 e. The summed E-state index contributed by atoms with van der Waals surface area (Å²) in [6, 6.07) is 9.81. The van der Waals surface area contributed by atoms with Crippen molar-refractivity contribution in [1.29, 1.82) is 0 Å². The van der Waals surface area contributed by atoms with Gasteiger partial charge in [0.25, 0.3) is 0 Å². The molecule has 0 aromatic heterocycles. The lowest BCUT2D eigenvalue weighted by Gasteiger charge is -2.26. The van der Waals surface area contributed by atoms with Crippen LogP contribution in [-0.4, -0.2) is 11.2 Å². The van der Waals surface area contributed by atoms with E-state index in [0.29, 0.717) is 12.0 Å². The molecule has 0 spiro atoms. The summed E-state index contributed by atoms with van der Waals surface area (Å²) in [5.41, 5.74) is 2.87. The maximum atomic E-state index is 5.43. The Hall–Kier alpha value is -1.09. The molecule has 0 bridgehead atoms. The Labute approximate surface area is 134 Å². The van der Waals surface area contributed by atoms with Gasteiger partial charge in [-0.2, -0.15) is 0 Å². The normalized spacial score (nSPS) is 16.7. The van der Waals surface area contributed by atoms with Gasteiger partial charge in [0, 0.05) is 6.04 Å². The van der Waals surface area contributed by atoms with Crippen molar-refractivity contribution in [3.05, 3.63) is 35.4 Å². The van der Waals surface area contributed by atoms with Gasteiger partial charge in [0.05, 0.1) is 6.04 Å². The molecule has 0 heterocycles. The molecule has 0 aliphatic heterocycles. The standard InChI is InChI=1S/C18H28N2S/c1-12(2)16(20-17(21)19-15-10-11-15)13-6-8-14(9-7-13)18(3,4)5/h6-9,12,15-16H,10-11H2,1-5H3,(H2,19,20,21)/t16-/m0/s1. The molecule has 1 aromatic rings. The lowest BCUT2D eigenvalue weighted by molar-refractivity contribution is 0.468. The van der Waals surface area contributed by atoms with Gasteiger partial charge in [0.1, 0.15) is 0 Å². The molecule has 1 aromatic carbocycles. The zero-order chi connectivity index (χ0) is 15.6. The van der Waals surface area contributed by atoms with Crippen LogP contribution in [0.15, 0.2) is 24.3 Å². The molecule has 2 nitrogen and oxygen atoms in total. The van der Waals surface area contributed by atoms with E-state index in [9.17, 15) is 0 Å². The topological polar surface area (TPSA) is 24.1 Å². The average Bonchev–Trinajstić information content (AvgIpc) is 3.18. The molecule has 1 aliphatic rings. The Morgan fingerprint density at radius 3 is 2.14 bits per heavy atom. The number of hydrogen-bond donors (Lipinski definition) is 2. The third kappa shape index (κ3) is 4.70. The van der Waals surface area contributed by atoms with E-state index in [0.717, 1.165) is 5.11 Å². The molecule has 0 saturated heterocycles. The van der Waals surface area contributed by atoms with Gasteiger partial charge in [-0.25, -0.2) is 0 Å². The summed E-state index contributed by atoms with van der Waals surface area (Å²) in [4.78, 5) is 0. The van der Waals surface area contributed by atoms with E-state index in [2.05, 4.69) is 69.5 Å². The fraction of sp³-hybridized carbons (Fsp3) is 0.611. The highest BCUT2D eigenvalue weighted by Crippen LogP contribution is 2.27. The molecule has 1 fully saturated rings. The van der Waals surface area contributed by atoms with Gasteiger partial charge in [0.2, 0.25) is 0 Å². The van der Waals surface area contributed by atoms with E-state index in [1.54, 1.807) is 0 Å². The number of benzene rings is 1. The summed E-state index contributed by atoms with van der Waals surface area (Å²) in [6.07, 6.45) is 2.49. The van der Waals surface area contributed by atoms with Crippen LogP contribution in [0.1, 0.15) is 64.6 Å². The van der Waals surface area contributed by atoms with Gasteiger partial charge in [-0.3, -0.25) is 0 Å². The Bertz CT molecular complexity index is 481. The summed E-state index contributed by atoms with van der Waals surface area (Å²) in [7, 11) is 0. The highest BCUT2D eigenvalue weighted by molar-refractivity contribution is 7.80. The zero-order valence-corrected chi connectivity index (χ0v) is 14.7. The molecule has 3 heteroatoms. The smallest absolute Gasteiger partial charge is 0.167 e. The highest BCUT2D eigenvalue weighted by atomic mass is 32.1. The second-order valence-electron chi connectivity index (χ2n) is 7.49. The van der Waals surface area contributed by atoms with Gasteiger partial charge in [0.15, 0.2) is 5.11 Å². The van der Waals surface area contributed by atoms with Crippen molar-refractivity contribution in [3.63, 3.8) is 0 Å². The first kappa shape index (κ1) is 16.3.